The van der Waals surface area contributed by atoms with E-state index in [1.165, 1.54) is 5.56 Å². The molecule has 40 heavy (non-hydrogen) atoms. The number of hydrogen-bond acceptors (Lipinski definition) is 6. The monoisotopic (exact) mass is 543 g/mol. The van der Waals surface area contributed by atoms with E-state index in [0.29, 0.717) is 17.5 Å². The van der Waals surface area contributed by atoms with Crippen LogP contribution in [0.2, 0.25) is 0 Å². The van der Waals surface area contributed by atoms with Gasteiger partial charge in [-0.05, 0) is 93.3 Å². The highest BCUT2D eigenvalue weighted by Gasteiger charge is 2.26. The molecule has 1 aliphatic heterocycles. The van der Waals surface area contributed by atoms with Crippen LogP contribution in [0.1, 0.15) is 55.6 Å². The van der Waals surface area contributed by atoms with E-state index in [1.807, 2.05) is 53.4 Å². The maximum atomic E-state index is 12.8. The van der Waals surface area contributed by atoms with Crippen molar-refractivity contribution >= 4 is 17.3 Å². The zero-order valence-electron chi connectivity index (χ0n) is 23.0. The molecule has 2 aliphatic rings. The second-order valence-electron chi connectivity index (χ2n) is 10.8. The molecule has 0 radical (unpaired) electrons. The Kier molecular flexibility index (Phi) is 8.96. The molecule has 0 unspecified atom stereocenters. The van der Waals surface area contributed by atoms with Crippen LogP contribution in [0, 0.1) is 17.0 Å². The number of para-hydroxylation sites is 1. The number of benzene rings is 3. The number of amides is 1. The molecule has 210 valence electrons. The van der Waals surface area contributed by atoms with Crippen LogP contribution >= 0.6 is 0 Å². The number of piperidine rings is 1. The summed E-state index contributed by atoms with van der Waals surface area (Å²) in [6, 6.07) is 23.5. The first-order chi connectivity index (χ1) is 19.4. The molecule has 1 aliphatic carbocycles. The van der Waals surface area contributed by atoms with Gasteiger partial charge in [-0.25, -0.2) is 0 Å². The Balaban J connectivity index is 1.00. The lowest BCUT2D eigenvalue weighted by Crippen LogP contribution is -2.41. The van der Waals surface area contributed by atoms with Crippen molar-refractivity contribution in [2.24, 2.45) is 0 Å². The Bertz CT molecular complexity index is 1280. The van der Waals surface area contributed by atoms with Crippen molar-refractivity contribution in [1.82, 2.24) is 4.90 Å². The second kappa shape index (κ2) is 13.0. The van der Waals surface area contributed by atoms with E-state index in [-0.39, 0.29) is 29.2 Å². The number of ether oxygens (including phenoxy) is 2. The predicted molar refractivity (Wildman–Crippen MR) is 155 cm³/mol. The predicted octanol–water partition coefficient (Wildman–Crippen LogP) is 6.84. The number of carbonyl (C=O) groups is 1. The molecule has 1 heterocycles. The van der Waals surface area contributed by atoms with E-state index in [9.17, 15) is 14.9 Å². The van der Waals surface area contributed by atoms with Crippen molar-refractivity contribution in [1.29, 1.82) is 0 Å². The zero-order chi connectivity index (χ0) is 27.9. The zero-order valence-corrected chi connectivity index (χ0v) is 23.0. The van der Waals surface area contributed by atoms with E-state index in [0.717, 1.165) is 68.8 Å². The number of nitrogens with one attached hydrogen (secondary N) is 1. The number of anilines is 1. The van der Waals surface area contributed by atoms with Crippen molar-refractivity contribution in [2.75, 3.05) is 25.0 Å². The van der Waals surface area contributed by atoms with Crippen LogP contribution in [-0.2, 0) is 9.53 Å². The summed E-state index contributed by atoms with van der Waals surface area (Å²) in [4.78, 5) is 25.5. The van der Waals surface area contributed by atoms with Crippen molar-refractivity contribution in [3.05, 3.63) is 94.0 Å². The minimum absolute atomic E-state index is 0.0756. The van der Waals surface area contributed by atoms with Gasteiger partial charge in [0.15, 0.2) is 0 Å². The summed E-state index contributed by atoms with van der Waals surface area (Å²) in [7, 11) is 0. The van der Waals surface area contributed by atoms with Crippen molar-refractivity contribution in [3.63, 3.8) is 0 Å². The Morgan fingerprint density at radius 1 is 0.925 bits per heavy atom. The third-order valence-electron chi connectivity index (χ3n) is 8.06. The smallest absolute Gasteiger partial charge is 0.272 e. The van der Waals surface area contributed by atoms with Crippen LogP contribution in [0.4, 0.5) is 11.4 Å². The Hall–Kier alpha value is -3.91. The summed E-state index contributed by atoms with van der Waals surface area (Å²) in [5.74, 6) is 2.17. The van der Waals surface area contributed by atoms with Gasteiger partial charge in [-0.1, -0.05) is 30.3 Å². The minimum atomic E-state index is -0.354. The highest BCUT2D eigenvalue weighted by atomic mass is 16.6. The fraction of sp³-hybridized carbons (Fsp3) is 0.406. The lowest BCUT2D eigenvalue weighted by molar-refractivity contribution is -0.385. The van der Waals surface area contributed by atoms with Gasteiger partial charge in [0.1, 0.15) is 18.1 Å². The molecule has 1 amide bonds. The molecule has 1 saturated carbocycles. The maximum Gasteiger partial charge on any atom is 0.272 e. The summed E-state index contributed by atoms with van der Waals surface area (Å²) >= 11 is 0. The third-order valence-corrected chi connectivity index (χ3v) is 8.06. The fourth-order valence-electron chi connectivity index (χ4n) is 5.73. The van der Waals surface area contributed by atoms with Gasteiger partial charge in [-0.15, -0.1) is 0 Å². The quantitative estimate of drug-likeness (QED) is 0.235. The van der Waals surface area contributed by atoms with Gasteiger partial charge in [-0.2, -0.15) is 0 Å². The van der Waals surface area contributed by atoms with E-state index in [1.54, 1.807) is 19.1 Å². The Morgan fingerprint density at radius 3 is 2.25 bits per heavy atom. The number of nitro groups is 1. The lowest BCUT2D eigenvalue weighted by atomic mass is 9.89. The van der Waals surface area contributed by atoms with E-state index >= 15 is 0 Å². The van der Waals surface area contributed by atoms with Gasteiger partial charge in [0, 0.05) is 36.4 Å². The summed E-state index contributed by atoms with van der Waals surface area (Å²) in [5.41, 5.74) is 2.99. The van der Waals surface area contributed by atoms with Crippen molar-refractivity contribution in [3.8, 4) is 11.5 Å². The standard InChI is InChI=1S/C32H37N3O5/c1-23-21-27(11-16-31(23)35(37)38)33-26-9-14-28(15-10-26)39-22-32(36)34-19-17-25(18-20-34)24-7-12-30(13-8-24)40-29-5-3-2-4-6-29/h2-8,11-13,16,21,25-26,28,33H,9-10,14-15,17-20,22H2,1H3. The third kappa shape index (κ3) is 7.18. The number of hydrogen-bond donors (Lipinski definition) is 1. The topological polar surface area (TPSA) is 93.9 Å². The summed E-state index contributed by atoms with van der Waals surface area (Å²) in [5, 5.41) is 14.5. The first-order valence-corrected chi connectivity index (χ1v) is 14.2. The molecule has 2 fully saturated rings. The number of aryl methyl sites for hydroxylation is 1. The molecule has 8 heteroatoms. The van der Waals surface area contributed by atoms with Crippen molar-refractivity contribution in [2.45, 2.75) is 63.5 Å². The molecular formula is C32H37N3O5. The molecular weight excluding hydrogens is 506 g/mol. The van der Waals surface area contributed by atoms with Crippen LogP contribution in [0.25, 0.3) is 0 Å². The van der Waals surface area contributed by atoms with Gasteiger partial charge < -0.3 is 19.7 Å². The molecule has 1 saturated heterocycles. The first-order valence-electron chi connectivity index (χ1n) is 14.2. The van der Waals surface area contributed by atoms with Crippen LogP contribution in [0.5, 0.6) is 11.5 Å². The maximum absolute atomic E-state index is 12.8. The SMILES string of the molecule is Cc1cc(NC2CCC(OCC(=O)N3CCC(c4ccc(Oc5ccccc5)cc4)CC3)CC2)ccc1[N+](=O)[O-]. The fourth-order valence-corrected chi connectivity index (χ4v) is 5.73. The number of rotatable bonds is 9. The van der Waals surface area contributed by atoms with Gasteiger partial charge >= 0.3 is 0 Å². The summed E-state index contributed by atoms with van der Waals surface area (Å²) in [6.45, 7) is 3.40. The molecule has 0 bridgehead atoms. The molecule has 1 N–H and O–H groups in total. The minimum Gasteiger partial charge on any atom is -0.457 e. The summed E-state index contributed by atoms with van der Waals surface area (Å²) < 4.78 is 11.9. The van der Waals surface area contributed by atoms with Gasteiger partial charge in [0.25, 0.3) is 5.69 Å². The normalized spacial score (nSPS) is 19.7. The van der Waals surface area contributed by atoms with E-state index in [2.05, 4.69) is 17.4 Å². The van der Waals surface area contributed by atoms with Crippen LogP contribution in [-0.4, -0.2) is 47.6 Å². The Morgan fingerprint density at radius 2 is 1.60 bits per heavy atom. The number of nitrogens with zero attached hydrogens (tertiary/aromatic N) is 2. The number of likely N-dealkylation sites (tertiary alicyclic amines) is 1. The molecule has 0 spiro atoms. The second-order valence-corrected chi connectivity index (χ2v) is 10.8. The average Bonchev–Trinajstić information content (AvgIpc) is 2.97. The molecule has 0 aromatic heterocycles. The average molecular weight is 544 g/mol. The van der Waals surface area contributed by atoms with Gasteiger partial charge in [-0.3, -0.25) is 14.9 Å². The highest BCUT2D eigenvalue weighted by Crippen LogP contribution is 2.31. The summed E-state index contributed by atoms with van der Waals surface area (Å²) in [6.07, 6.45) is 5.65. The van der Waals surface area contributed by atoms with E-state index < -0.39 is 0 Å². The van der Waals surface area contributed by atoms with Crippen LogP contribution < -0.4 is 10.1 Å². The largest absolute Gasteiger partial charge is 0.457 e. The highest BCUT2D eigenvalue weighted by molar-refractivity contribution is 5.77. The van der Waals surface area contributed by atoms with Crippen LogP contribution in [0.3, 0.4) is 0 Å². The molecule has 0 atom stereocenters. The number of nitro benzene ring substituents is 1. The molecule has 3 aromatic rings. The first kappa shape index (κ1) is 27.6. The van der Waals surface area contributed by atoms with Gasteiger partial charge in [0.05, 0.1) is 11.0 Å². The van der Waals surface area contributed by atoms with Gasteiger partial charge in [0.2, 0.25) is 5.91 Å². The molecule has 8 nitrogen and oxygen atoms in total. The number of carbonyl (C=O) groups excluding carboxylic acids is 1. The van der Waals surface area contributed by atoms with E-state index in [4.69, 9.17) is 9.47 Å². The molecule has 5 rings (SSSR count). The molecule has 3 aromatic carbocycles. The van der Waals surface area contributed by atoms with Crippen LogP contribution in [0.15, 0.2) is 72.8 Å². The van der Waals surface area contributed by atoms with Crippen molar-refractivity contribution < 1.29 is 19.2 Å². The lowest BCUT2D eigenvalue weighted by Gasteiger charge is -2.33. The Labute approximate surface area is 235 Å².